The average molecular weight is 394 g/mol. The number of hydrogen-bond acceptors (Lipinski definition) is 7. The molecule has 1 amide bonds. The number of nitrogens with one attached hydrogen (secondary N) is 1. The number of carbonyl (C=O) groups excluding carboxylic acids is 1. The summed E-state index contributed by atoms with van der Waals surface area (Å²) in [7, 11) is 1.60. The topological polar surface area (TPSA) is 104 Å². The van der Waals surface area contributed by atoms with Gasteiger partial charge in [-0.2, -0.15) is 0 Å². The molecule has 1 aromatic heterocycles. The zero-order valence-electron chi connectivity index (χ0n) is 16.3. The Morgan fingerprint density at radius 3 is 2.63 bits per heavy atom. The van der Waals surface area contributed by atoms with Crippen molar-refractivity contribution in [3.05, 3.63) is 22.3 Å². The maximum Gasteiger partial charge on any atom is 0.347 e. The van der Waals surface area contributed by atoms with Gasteiger partial charge in [-0.05, 0) is 34.1 Å². The average Bonchev–Trinajstić information content (AvgIpc) is 3.12. The predicted octanol–water partition coefficient (Wildman–Crippen LogP) is 2.33. The molecule has 2 heterocycles. The summed E-state index contributed by atoms with van der Waals surface area (Å²) in [5.74, 6) is -1.19. The minimum atomic E-state index is -0.981. The minimum absolute atomic E-state index is 0.144. The molecule has 2 rings (SSSR count). The fourth-order valence-electron chi connectivity index (χ4n) is 2.69. The summed E-state index contributed by atoms with van der Waals surface area (Å²) < 4.78 is 5.56. The lowest BCUT2D eigenvalue weighted by molar-refractivity contribution is -0.116. The van der Waals surface area contributed by atoms with E-state index in [4.69, 9.17) is 9.84 Å². The van der Waals surface area contributed by atoms with Crippen molar-refractivity contribution in [2.45, 2.75) is 46.3 Å². The molecule has 0 radical (unpaired) electrons. The zero-order valence-corrected chi connectivity index (χ0v) is 17.1. The third-order valence-corrected chi connectivity index (χ3v) is 5.59. The number of rotatable bonds is 6. The van der Waals surface area contributed by atoms with E-state index < -0.39 is 5.97 Å². The quantitative estimate of drug-likeness (QED) is 0.718. The third kappa shape index (κ3) is 5.36. The lowest BCUT2D eigenvalue weighted by atomic mass is 10.0. The number of allylic oxidation sites excluding steroid dienone is 2. The van der Waals surface area contributed by atoms with Gasteiger partial charge in [0, 0.05) is 25.9 Å². The van der Waals surface area contributed by atoms with Gasteiger partial charge in [0.1, 0.15) is 10.6 Å². The summed E-state index contributed by atoms with van der Waals surface area (Å²) >= 11 is 1.14. The van der Waals surface area contributed by atoms with Crippen molar-refractivity contribution < 1.29 is 19.4 Å². The number of thiazole rings is 1. The molecule has 148 valence electrons. The maximum absolute atomic E-state index is 12.5. The molecule has 2 N–H and O–H groups in total. The standard InChI is InChI=1S/C18H26N4O4S/c1-10(2)11(3)20-12(4)16(23)21-13-6-7-22(9-14(13)26-5)18-19-8-15(27-18)17(24)25/h8,13-14H,6-7,9H2,1-5H3,(H,21,23)(H,24,25)/b20-12+/t13?,14-/m0/s1. The Balaban J connectivity index is 2.03. The molecule has 1 unspecified atom stereocenters. The van der Waals surface area contributed by atoms with Crippen molar-refractivity contribution in [3.8, 4) is 0 Å². The minimum Gasteiger partial charge on any atom is -0.477 e. The third-order valence-electron chi connectivity index (χ3n) is 4.54. The number of carboxylic acid groups (broad SMARTS) is 1. The number of nitrogens with zero attached hydrogens (tertiary/aromatic N) is 3. The smallest absolute Gasteiger partial charge is 0.347 e. The fourth-order valence-corrected chi connectivity index (χ4v) is 3.48. The summed E-state index contributed by atoms with van der Waals surface area (Å²) in [6.45, 7) is 8.66. The molecule has 1 aliphatic rings. The molecule has 1 aliphatic heterocycles. The number of aromatic carboxylic acids is 1. The Kier molecular flexibility index (Phi) is 7.09. The Hall–Kier alpha value is -2.26. The zero-order chi connectivity index (χ0) is 20.1. The summed E-state index contributed by atoms with van der Waals surface area (Å²) in [6, 6.07) is -0.144. The van der Waals surface area contributed by atoms with E-state index in [0.717, 1.165) is 22.6 Å². The van der Waals surface area contributed by atoms with Gasteiger partial charge in [0.25, 0.3) is 5.91 Å². The Morgan fingerprint density at radius 2 is 2.07 bits per heavy atom. The summed E-state index contributed by atoms with van der Waals surface area (Å²) in [5, 5.41) is 12.7. The van der Waals surface area contributed by atoms with E-state index in [9.17, 15) is 9.59 Å². The molecule has 0 saturated carbocycles. The molecule has 1 fully saturated rings. The number of methoxy groups -OCH3 is 1. The molecule has 2 atom stereocenters. The van der Waals surface area contributed by atoms with Gasteiger partial charge >= 0.3 is 5.97 Å². The largest absolute Gasteiger partial charge is 0.477 e. The van der Waals surface area contributed by atoms with Crippen molar-refractivity contribution in [2.24, 2.45) is 4.99 Å². The maximum atomic E-state index is 12.5. The molecular weight excluding hydrogens is 368 g/mol. The van der Waals surface area contributed by atoms with Gasteiger partial charge in [-0.1, -0.05) is 16.9 Å². The Labute approximate surface area is 163 Å². The van der Waals surface area contributed by atoms with E-state index in [-0.39, 0.29) is 22.9 Å². The lowest BCUT2D eigenvalue weighted by Gasteiger charge is -2.37. The summed E-state index contributed by atoms with van der Waals surface area (Å²) in [6.07, 6.45) is 1.81. The van der Waals surface area contributed by atoms with E-state index in [2.05, 4.69) is 15.3 Å². The van der Waals surface area contributed by atoms with E-state index >= 15 is 0 Å². The van der Waals surface area contributed by atoms with Gasteiger partial charge in [-0.15, -0.1) is 0 Å². The molecule has 0 aromatic carbocycles. The Bertz CT molecular complexity index is 767. The molecule has 1 aromatic rings. The van der Waals surface area contributed by atoms with Crippen molar-refractivity contribution in [3.63, 3.8) is 0 Å². The van der Waals surface area contributed by atoms with Crippen LogP contribution in [0.5, 0.6) is 0 Å². The summed E-state index contributed by atoms with van der Waals surface area (Å²) in [5.41, 5.74) is 2.31. The van der Waals surface area contributed by atoms with Gasteiger partial charge in [-0.3, -0.25) is 9.79 Å². The van der Waals surface area contributed by atoms with E-state index in [1.165, 1.54) is 6.20 Å². The van der Waals surface area contributed by atoms with Crippen LogP contribution < -0.4 is 10.2 Å². The molecule has 0 spiro atoms. The van der Waals surface area contributed by atoms with Crippen LogP contribution >= 0.6 is 11.3 Å². The van der Waals surface area contributed by atoms with Crippen LogP contribution in [0, 0.1) is 0 Å². The van der Waals surface area contributed by atoms with Crippen LogP contribution in [0.2, 0.25) is 0 Å². The monoisotopic (exact) mass is 394 g/mol. The van der Waals surface area contributed by atoms with E-state index in [0.29, 0.717) is 30.4 Å². The van der Waals surface area contributed by atoms with Crippen molar-refractivity contribution >= 4 is 34.1 Å². The van der Waals surface area contributed by atoms with Crippen LogP contribution in [0.1, 0.15) is 43.8 Å². The molecule has 0 aliphatic carbocycles. The van der Waals surface area contributed by atoms with Crippen LogP contribution in [-0.2, 0) is 9.53 Å². The van der Waals surface area contributed by atoms with Crippen molar-refractivity contribution in [1.29, 1.82) is 0 Å². The second kappa shape index (κ2) is 9.09. The first-order valence-corrected chi connectivity index (χ1v) is 9.51. The first-order valence-electron chi connectivity index (χ1n) is 8.70. The lowest BCUT2D eigenvalue weighted by Crippen LogP contribution is -2.55. The number of aromatic nitrogens is 1. The highest BCUT2D eigenvalue weighted by atomic mass is 32.1. The molecule has 27 heavy (non-hydrogen) atoms. The second-order valence-electron chi connectivity index (χ2n) is 6.68. The molecule has 1 saturated heterocycles. The number of anilines is 1. The fraction of sp³-hybridized carbons (Fsp3) is 0.556. The number of hydrogen-bond donors (Lipinski definition) is 2. The van der Waals surface area contributed by atoms with Gasteiger partial charge in [0.05, 0.1) is 18.3 Å². The highest BCUT2D eigenvalue weighted by Crippen LogP contribution is 2.26. The van der Waals surface area contributed by atoms with Gasteiger partial charge < -0.3 is 20.1 Å². The van der Waals surface area contributed by atoms with Crippen LogP contribution in [0.3, 0.4) is 0 Å². The predicted molar refractivity (Wildman–Crippen MR) is 106 cm³/mol. The summed E-state index contributed by atoms with van der Waals surface area (Å²) in [4.78, 5) is 34.2. The van der Waals surface area contributed by atoms with E-state index in [1.807, 2.05) is 25.7 Å². The van der Waals surface area contributed by atoms with Gasteiger partial charge in [0.15, 0.2) is 5.13 Å². The molecule has 0 bridgehead atoms. The second-order valence-corrected chi connectivity index (χ2v) is 7.69. The van der Waals surface area contributed by atoms with Crippen molar-refractivity contribution in [1.82, 2.24) is 10.3 Å². The van der Waals surface area contributed by atoms with Crippen molar-refractivity contribution in [2.75, 3.05) is 25.1 Å². The normalized spacial score (nSPS) is 20.3. The number of amides is 1. The van der Waals surface area contributed by atoms with Gasteiger partial charge in [-0.25, -0.2) is 9.78 Å². The molecular formula is C18H26N4O4S. The SMILES string of the molecule is CO[C@H]1CN(c2ncc(C(=O)O)s2)CCC1NC(=O)/C(C)=N/C(C)=C(C)C. The van der Waals surface area contributed by atoms with Gasteiger partial charge in [0.2, 0.25) is 0 Å². The highest BCUT2D eigenvalue weighted by Gasteiger charge is 2.32. The van der Waals surface area contributed by atoms with Crippen LogP contribution in [-0.4, -0.2) is 60.0 Å². The van der Waals surface area contributed by atoms with Crippen LogP contribution in [0.4, 0.5) is 5.13 Å². The number of carbonyl (C=O) groups is 2. The van der Waals surface area contributed by atoms with E-state index in [1.54, 1.807) is 14.0 Å². The molecule has 9 heteroatoms. The first kappa shape index (κ1) is 21.0. The Morgan fingerprint density at radius 1 is 1.37 bits per heavy atom. The molecule has 8 nitrogen and oxygen atoms in total. The number of ether oxygens (including phenoxy) is 1. The first-order chi connectivity index (χ1) is 12.7. The van der Waals surface area contributed by atoms with Crippen LogP contribution in [0.25, 0.3) is 0 Å². The highest BCUT2D eigenvalue weighted by molar-refractivity contribution is 7.17. The number of carboxylic acids is 1. The number of aliphatic imine (C=N–C) groups is 1. The van der Waals surface area contributed by atoms with Crippen LogP contribution in [0.15, 0.2) is 22.5 Å². The number of piperidine rings is 1.